The zero-order valence-electron chi connectivity index (χ0n) is 13.8. The summed E-state index contributed by atoms with van der Waals surface area (Å²) in [4.78, 5) is 27.5. The van der Waals surface area contributed by atoms with E-state index in [0.717, 1.165) is 13.1 Å². The molecule has 1 aliphatic rings. The van der Waals surface area contributed by atoms with E-state index in [1.165, 1.54) is 0 Å². The van der Waals surface area contributed by atoms with E-state index < -0.39 is 5.60 Å². The maximum absolute atomic E-state index is 11.9. The fraction of sp³-hybridized carbons (Fsp3) is 0.867. The van der Waals surface area contributed by atoms with Crippen molar-refractivity contribution in [2.75, 3.05) is 39.3 Å². The number of amides is 1. The summed E-state index contributed by atoms with van der Waals surface area (Å²) in [5.74, 6) is -0.301. The molecule has 1 aliphatic heterocycles. The molecule has 0 aromatic carbocycles. The molecule has 1 unspecified atom stereocenters. The molecule has 0 aromatic rings. The van der Waals surface area contributed by atoms with Gasteiger partial charge >= 0.3 is 12.1 Å². The number of nitrogens with zero attached hydrogens (tertiary/aromatic N) is 2. The standard InChI is InChI=1S/C15H28N2O4/c1-6-20-13(18)12(2)11-16-7-9-17(10-8-16)14(19)21-15(3,4)5/h12H,6-11H2,1-5H3. The zero-order valence-corrected chi connectivity index (χ0v) is 13.8. The summed E-state index contributed by atoms with van der Waals surface area (Å²) in [6.45, 7) is 13.1. The molecule has 0 aromatic heterocycles. The van der Waals surface area contributed by atoms with Crippen LogP contribution < -0.4 is 0 Å². The van der Waals surface area contributed by atoms with Crippen molar-refractivity contribution >= 4 is 12.1 Å². The van der Waals surface area contributed by atoms with Crippen LogP contribution in [0.15, 0.2) is 0 Å². The Labute approximate surface area is 127 Å². The van der Waals surface area contributed by atoms with Crippen LogP contribution in [0.5, 0.6) is 0 Å². The summed E-state index contributed by atoms with van der Waals surface area (Å²) in [6.07, 6.45) is -0.263. The molecule has 6 nitrogen and oxygen atoms in total. The van der Waals surface area contributed by atoms with E-state index in [2.05, 4.69) is 4.90 Å². The van der Waals surface area contributed by atoms with E-state index in [1.807, 2.05) is 34.6 Å². The minimum absolute atomic E-state index is 0.141. The molecule has 1 rings (SSSR count). The van der Waals surface area contributed by atoms with E-state index in [-0.39, 0.29) is 18.0 Å². The summed E-state index contributed by atoms with van der Waals surface area (Å²) in [7, 11) is 0. The SMILES string of the molecule is CCOC(=O)C(C)CN1CCN(C(=O)OC(C)(C)C)CC1. The number of carbonyl (C=O) groups is 2. The predicted molar refractivity (Wildman–Crippen MR) is 80.0 cm³/mol. The highest BCUT2D eigenvalue weighted by atomic mass is 16.6. The average molecular weight is 300 g/mol. The molecule has 0 N–H and O–H groups in total. The number of carbonyl (C=O) groups excluding carboxylic acids is 2. The van der Waals surface area contributed by atoms with Gasteiger partial charge in [0.05, 0.1) is 12.5 Å². The second-order valence-corrected chi connectivity index (χ2v) is 6.42. The Balaban J connectivity index is 2.35. The first kappa shape index (κ1) is 17.8. The molecule has 122 valence electrons. The van der Waals surface area contributed by atoms with Gasteiger partial charge in [-0.2, -0.15) is 0 Å². The Hall–Kier alpha value is -1.30. The van der Waals surface area contributed by atoms with Crippen LogP contribution in [0.25, 0.3) is 0 Å². The molecular formula is C15H28N2O4. The molecule has 0 bridgehead atoms. The number of rotatable bonds is 4. The highest BCUT2D eigenvalue weighted by Gasteiger charge is 2.27. The van der Waals surface area contributed by atoms with Crippen LogP contribution in [0.1, 0.15) is 34.6 Å². The summed E-state index contributed by atoms with van der Waals surface area (Å²) >= 11 is 0. The highest BCUT2D eigenvalue weighted by molar-refractivity contribution is 5.72. The van der Waals surface area contributed by atoms with E-state index in [0.29, 0.717) is 26.2 Å². The van der Waals surface area contributed by atoms with E-state index in [9.17, 15) is 9.59 Å². The first-order chi connectivity index (χ1) is 9.73. The molecule has 1 atom stereocenters. The summed E-state index contributed by atoms with van der Waals surface area (Å²) < 4.78 is 10.4. The molecule has 1 fully saturated rings. The molecule has 0 saturated carbocycles. The van der Waals surface area contributed by atoms with Crippen LogP contribution in [0.2, 0.25) is 0 Å². The predicted octanol–water partition coefficient (Wildman–Crippen LogP) is 1.74. The molecule has 1 heterocycles. The van der Waals surface area contributed by atoms with Gasteiger partial charge in [0.2, 0.25) is 0 Å². The van der Waals surface area contributed by atoms with Gasteiger partial charge < -0.3 is 14.4 Å². The van der Waals surface area contributed by atoms with E-state index in [1.54, 1.807) is 4.90 Å². The third kappa shape index (κ3) is 6.33. The van der Waals surface area contributed by atoms with Crippen LogP contribution in [-0.4, -0.2) is 66.8 Å². The summed E-state index contributed by atoms with van der Waals surface area (Å²) in [6, 6.07) is 0. The Morgan fingerprint density at radius 1 is 1.14 bits per heavy atom. The minimum Gasteiger partial charge on any atom is -0.466 e. The van der Waals surface area contributed by atoms with Gasteiger partial charge in [0.1, 0.15) is 5.60 Å². The van der Waals surface area contributed by atoms with Crippen molar-refractivity contribution in [3.05, 3.63) is 0 Å². The van der Waals surface area contributed by atoms with Crippen LogP contribution in [-0.2, 0) is 14.3 Å². The summed E-state index contributed by atoms with van der Waals surface area (Å²) in [5.41, 5.74) is -0.466. The minimum atomic E-state index is -0.466. The summed E-state index contributed by atoms with van der Waals surface area (Å²) in [5, 5.41) is 0. The molecule has 1 saturated heterocycles. The quantitative estimate of drug-likeness (QED) is 0.740. The van der Waals surface area contributed by atoms with Crippen LogP contribution in [0.3, 0.4) is 0 Å². The Morgan fingerprint density at radius 2 is 1.71 bits per heavy atom. The number of piperazine rings is 1. The molecule has 1 amide bonds. The molecular weight excluding hydrogens is 272 g/mol. The Bertz CT molecular complexity index is 357. The van der Waals surface area contributed by atoms with Gasteiger partial charge in [-0.15, -0.1) is 0 Å². The lowest BCUT2D eigenvalue weighted by molar-refractivity contribution is -0.148. The second-order valence-electron chi connectivity index (χ2n) is 6.42. The van der Waals surface area contributed by atoms with Crippen LogP contribution in [0.4, 0.5) is 4.79 Å². The van der Waals surface area contributed by atoms with Gasteiger partial charge in [0, 0.05) is 32.7 Å². The number of esters is 1. The normalized spacial score (nSPS) is 18.2. The van der Waals surface area contributed by atoms with Crippen LogP contribution in [0, 0.1) is 5.92 Å². The molecule has 0 radical (unpaired) electrons. The van der Waals surface area contributed by atoms with Gasteiger partial charge in [-0.3, -0.25) is 9.69 Å². The van der Waals surface area contributed by atoms with Gasteiger partial charge in [-0.05, 0) is 27.7 Å². The zero-order chi connectivity index (χ0) is 16.0. The van der Waals surface area contributed by atoms with Crippen LogP contribution >= 0.6 is 0 Å². The Morgan fingerprint density at radius 3 is 2.19 bits per heavy atom. The van der Waals surface area contributed by atoms with Crippen molar-refractivity contribution in [3.8, 4) is 0 Å². The molecule has 6 heteroatoms. The molecule has 0 aliphatic carbocycles. The topological polar surface area (TPSA) is 59.1 Å². The van der Waals surface area contributed by atoms with Gasteiger partial charge in [-0.1, -0.05) is 6.92 Å². The molecule has 21 heavy (non-hydrogen) atoms. The van der Waals surface area contributed by atoms with Crippen molar-refractivity contribution in [1.82, 2.24) is 9.80 Å². The van der Waals surface area contributed by atoms with Gasteiger partial charge in [0.25, 0.3) is 0 Å². The lowest BCUT2D eigenvalue weighted by Crippen LogP contribution is -2.51. The lowest BCUT2D eigenvalue weighted by atomic mass is 10.1. The highest BCUT2D eigenvalue weighted by Crippen LogP contribution is 2.13. The number of hydrogen-bond donors (Lipinski definition) is 0. The Kier molecular flexibility index (Phi) is 6.45. The maximum atomic E-state index is 11.9. The van der Waals surface area contributed by atoms with Crippen molar-refractivity contribution in [2.24, 2.45) is 5.92 Å². The number of ether oxygens (including phenoxy) is 2. The maximum Gasteiger partial charge on any atom is 0.410 e. The van der Waals surface area contributed by atoms with Crippen molar-refractivity contribution in [1.29, 1.82) is 0 Å². The van der Waals surface area contributed by atoms with E-state index in [4.69, 9.17) is 9.47 Å². The lowest BCUT2D eigenvalue weighted by Gasteiger charge is -2.36. The van der Waals surface area contributed by atoms with Gasteiger partial charge in [0.15, 0.2) is 0 Å². The smallest absolute Gasteiger partial charge is 0.410 e. The first-order valence-corrected chi connectivity index (χ1v) is 7.60. The average Bonchev–Trinajstić information content (AvgIpc) is 2.37. The third-order valence-corrected chi connectivity index (χ3v) is 3.25. The van der Waals surface area contributed by atoms with Gasteiger partial charge in [-0.25, -0.2) is 4.79 Å². The van der Waals surface area contributed by atoms with Crippen molar-refractivity contribution < 1.29 is 19.1 Å². The van der Waals surface area contributed by atoms with E-state index >= 15 is 0 Å². The largest absolute Gasteiger partial charge is 0.466 e. The first-order valence-electron chi connectivity index (χ1n) is 7.60. The number of hydrogen-bond acceptors (Lipinski definition) is 5. The second kappa shape index (κ2) is 7.64. The fourth-order valence-electron chi connectivity index (χ4n) is 2.19. The molecule has 0 spiro atoms. The van der Waals surface area contributed by atoms with Crippen molar-refractivity contribution in [2.45, 2.75) is 40.2 Å². The van der Waals surface area contributed by atoms with Crippen molar-refractivity contribution in [3.63, 3.8) is 0 Å². The third-order valence-electron chi connectivity index (χ3n) is 3.25. The monoisotopic (exact) mass is 300 g/mol. The fourth-order valence-corrected chi connectivity index (χ4v) is 2.19.